The van der Waals surface area contributed by atoms with Gasteiger partial charge < -0.3 is 10.0 Å². The number of fused-ring (bicyclic) bond motifs is 2. The van der Waals surface area contributed by atoms with Gasteiger partial charge >= 0.3 is 0 Å². The lowest BCUT2D eigenvalue weighted by Crippen LogP contribution is -2.48. The Morgan fingerprint density at radius 1 is 1.15 bits per heavy atom. The topological polar surface area (TPSA) is 76.7 Å². The van der Waals surface area contributed by atoms with Gasteiger partial charge in [0.05, 0.1) is 17.3 Å². The van der Waals surface area contributed by atoms with E-state index < -0.39 is 5.60 Å². The second-order valence-electron chi connectivity index (χ2n) is 7.09. The minimum Gasteiger partial charge on any atom is -0.374 e. The molecule has 2 aromatic carbocycles. The molecule has 0 bridgehead atoms. The SMILES string of the molecule is Cc1cc2c(cc1C)C(=O)[C@]1(O)CCN(c3ccc(C#N)c(C)c3)C1=N2. The second-order valence-corrected chi connectivity index (χ2v) is 7.09. The second kappa shape index (κ2) is 5.52. The van der Waals surface area contributed by atoms with Gasteiger partial charge in [-0.2, -0.15) is 5.26 Å². The number of carbonyl (C=O) groups excluding carboxylic acids is 1. The van der Waals surface area contributed by atoms with Gasteiger partial charge in [-0.15, -0.1) is 0 Å². The van der Waals surface area contributed by atoms with E-state index in [1.54, 1.807) is 6.07 Å². The summed E-state index contributed by atoms with van der Waals surface area (Å²) in [6, 6.07) is 11.4. The zero-order valence-corrected chi connectivity index (χ0v) is 15.0. The van der Waals surface area contributed by atoms with Gasteiger partial charge in [0.25, 0.3) is 0 Å². The van der Waals surface area contributed by atoms with E-state index in [-0.39, 0.29) is 5.78 Å². The summed E-state index contributed by atoms with van der Waals surface area (Å²) in [5.74, 6) is 0.0934. The number of aliphatic imine (C=N–C) groups is 1. The Labute approximate surface area is 152 Å². The number of benzene rings is 2. The van der Waals surface area contributed by atoms with E-state index in [4.69, 9.17) is 5.26 Å². The smallest absolute Gasteiger partial charge is 0.204 e. The summed E-state index contributed by atoms with van der Waals surface area (Å²) in [4.78, 5) is 19.6. The molecule has 1 saturated heterocycles. The van der Waals surface area contributed by atoms with Crippen LogP contribution in [0.25, 0.3) is 0 Å². The van der Waals surface area contributed by atoms with Crippen molar-refractivity contribution in [2.45, 2.75) is 32.8 Å². The molecule has 2 aliphatic heterocycles. The van der Waals surface area contributed by atoms with Gasteiger partial charge in [0.15, 0.2) is 5.60 Å². The van der Waals surface area contributed by atoms with Gasteiger partial charge in [0.1, 0.15) is 5.84 Å². The molecule has 0 spiro atoms. The molecule has 0 unspecified atom stereocenters. The van der Waals surface area contributed by atoms with Crippen LogP contribution in [0.4, 0.5) is 11.4 Å². The molecular formula is C21H19N3O2. The van der Waals surface area contributed by atoms with E-state index in [1.165, 1.54) is 0 Å². The summed E-state index contributed by atoms with van der Waals surface area (Å²) < 4.78 is 0. The first-order valence-corrected chi connectivity index (χ1v) is 8.61. The number of nitriles is 1. The van der Waals surface area contributed by atoms with E-state index in [2.05, 4.69) is 11.1 Å². The summed E-state index contributed by atoms with van der Waals surface area (Å²) in [5.41, 5.74) is 3.87. The molecule has 0 aromatic heterocycles. The largest absolute Gasteiger partial charge is 0.374 e. The quantitative estimate of drug-likeness (QED) is 0.860. The van der Waals surface area contributed by atoms with Crippen LogP contribution in [0.1, 0.15) is 39.0 Å². The zero-order chi connectivity index (χ0) is 18.6. The van der Waals surface area contributed by atoms with Crippen LogP contribution in [-0.2, 0) is 0 Å². The predicted octanol–water partition coefficient (Wildman–Crippen LogP) is 3.35. The number of anilines is 1. The number of aryl methyl sites for hydroxylation is 3. The maximum absolute atomic E-state index is 13.0. The van der Waals surface area contributed by atoms with Gasteiger partial charge in [0, 0.05) is 24.2 Å². The average Bonchev–Trinajstić information content (AvgIpc) is 2.95. The number of Topliss-reactive ketones (excluding diaryl/α,β-unsaturated/α-hetero) is 1. The molecule has 1 N–H and O–H groups in total. The van der Waals surface area contributed by atoms with Crippen LogP contribution in [-0.4, -0.2) is 28.9 Å². The van der Waals surface area contributed by atoms with E-state index in [0.29, 0.717) is 35.6 Å². The minimum atomic E-state index is -1.59. The molecule has 2 heterocycles. The summed E-state index contributed by atoms with van der Waals surface area (Å²) in [6.45, 7) is 6.31. The maximum Gasteiger partial charge on any atom is 0.204 e. The molecule has 130 valence electrons. The lowest BCUT2D eigenvalue weighted by Gasteiger charge is -2.30. The third-order valence-electron chi connectivity index (χ3n) is 5.42. The Morgan fingerprint density at radius 3 is 2.58 bits per heavy atom. The highest BCUT2D eigenvalue weighted by molar-refractivity contribution is 6.28. The normalized spacial score (nSPS) is 21.1. The molecule has 1 atom stereocenters. The fourth-order valence-corrected chi connectivity index (χ4v) is 3.69. The fourth-order valence-electron chi connectivity index (χ4n) is 3.69. The molecule has 5 heteroatoms. The van der Waals surface area contributed by atoms with Crippen LogP contribution >= 0.6 is 0 Å². The molecule has 5 nitrogen and oxygen atoms in total. The molecule has 0 amide bonds. The number of amidine groups is 1. The summed E-state index contributed by atoms with van der Waals surface area (Å²) in [6.07, 6.45) is 0.302. The number of nitrogens with zero attached hydrogens (tertiary/aromatic N) is 3. The van der Waals surface area contributed by atoms with Crippen molar-refractivity contribution in [2.24, 2.45) is 4.99 Å². The number of aliphatic hydroxyl groups is 1. The van der Waals surface area contributed by atoms with Crippen molar-refractivity contribution in [1.29, 1.82) is 5.26 Å². The molecule has 4 rings (SSSR count). The van der Waals surface area contributed by atoms with E-state index >= 15 is 0 Å². The number of carbonyl (C=O) groups is 1. The van der Waals surface area contributed by atoms with Crippen LogP contribution in [0.5, 0.6) is 0 Å². The summed E-state index contributed by atoms with van der Waals surface area (Å²) >= 11 is 0. The van der Waals surface area contributed by atoms with Crippen molar-refractivity contribution >= 4 is 23.0 Å². The van der Waals surface area contributed by atoms with Crippen LogP contribution in [0.15, 0.2) is 35.3 Å². The number of rotatable bonds is 1. The van der Waals surface area contributed by atoms with E-state index in [1.807, 2.05) is 49.9 Å². The predicted molar refractivity (Wildman–Crippen MR) is 100 cm³/mol. The van der Waals surface area contributed by atoms with Crippen molar-refractivity contribution < 1.29 is 9.90 Å². The van der Waals surface area contributed by atoms with Crippen molar-refractivity contribution in [1.82, 2.24) is 0 Å². The monoisotopic (exact) mass is 345 g/mol. The minimum absolute atomic E-state index is 0.284. The molecule has 2 aliphatic rings. The Bertz CT molecular complexity index is 1030. The fraction of sp³-hybridized carbons (Fsp3) is 0.286. The van der Waals surface area contributed by atoms with Crippen molar-refractivity contribution in [2.75, 3.05) is 11.4 Å². The van der Waals surface area contributed by atoms with Crippen LogP contribution in [0.3, 0.4) is 0 Å². The zero-order valence-electron chi connectivity index (χ0n) is 15.0. The highest BCUT2D eigenvalue weighted by Crippen LogP contribution is 2.40. The van der Waals surface area contributed by atoms with Crippen LogP contribution in [0, 0.1) is 32.1 Å². The summed E-state index contributed by atoms with van der Waals surface area (Å²) in [5, 5.41) is 20.2. The summed E-state index contributed by atoms with van der Waals surface area (Å²) in [7, 11) is 0. The highest BCUT2D eigenvalue weighted by Gasteiger charge is 2.52. The van der Waals surface area contributed by atoms with Crippen LogP contribution < -0.4 is 4.90 Å². The Hall–Kier alpha value is -2.97. The Kier molecular flexibility index (Phi) is 3.50. The first-order chi connectivity index (χ1) is 12.3. The van der Waals surface area contributed by atoms with E-state index in [9.17, 15) is 9.90 Å². The molecule has 0 aliphatic carbocycles. The van der Waals surface area contributed by atoms with Gasteiger partial charge in [0.2, 0.25) is 5.78 Å². The van der Waals surface area contributed by atoms with Crippen molar-refractivity contribution in [3.05, 3.63) is 58.1 Å². The first-order valence-electron chi connectivity index (χ1n) is 8.61. The number of ketones is 1. The Balaban J connectivity index is 1.86. The maximum atomic E-state index is 13.0. The van der Waals surface area contributed by atoms with Crippen LogP contribution in [0.2, 0.25) is 0 Å². The third-order valence-corrected chi connectivity index (χ3v) is 5.42. The van der Waals surface area contributed by atoms with Gasteiger partial charge in [-0.1, -0.05) is 0 Å². The van der Waals surface area contributed by atoms with Crippen molar-refractivity contribution in [3.8, 4) is 6.07 Å². The van der Waals surface area contributed by atoms with E-state index in [0.717, 1.165) is 22.4 Å². The molecular weight excluding hydrogens is 326 g/mol. The molecule has 0 radical (unpaired) electrons. The standard InChI is InChI=1S/C21H19N3O2/c1-12-9-17-18(10-13(12)2)23-20-21(26,19(17)25)6-7-24(20)16-5-4-15(11-22)14(3)8-16/h4-5,8-10,26H,6-7H2,1-3H3/t21-/m1/s1. The molecule has 0 saturated carbocycles. The van der Waals surface area contributed by atoms with Gasteiger partial charge in [-0.25, -0.2) is 4.99 Å². The highest BCUT2D eigenvalue weighted by atomic mass is 16.3. The first kappa shape index (κ1) is 16.5. The molecule has 1 fully saturated rings. The molecule has 26 heavy (non-hydrogen) atoms. The molecule has 2 aromatic rings. The Morgan fingerprint density at radius 2 is 1.88 bits per heavy atom. The van der Waals surface area contributed by atoms with Crippen molar-refractivity contribution in [3.63, 3.8) is 0 Å². The third kappa shape index (κ3) is 2.19. The van der Waals surface area contributed by atoms with Gasteiger partial charge in [-0.3, -0.25) is 4.79 Å². The lowest BCUT2D eigenvalue weighted by molar-refractivity contribution is 0.0602. The number of hydrogen-bond donors (Lipinski definition) is 1. The van der Waals surface area contributed by atoms with Gasteiger partial charge in [-0.05, 0) is 67.8 Å². The number of hydrogen-bond acceptors (Lipinski definition) is 5. The lowest BCUT2D eigenvalue weighted by atomic mass is 9.86. The average molecular weight is 345 g/mol.